The number of hydrogen-bond acceptors (Lipinski definition) is 3. The van der Waals surface area contributed by atoms with E-state index in [-0.39, 0.29) is 0 Å². The van der Waals surface area contributed by atoms with Crippen LogP contribution in [0.1, 0.15) is 39.0 Å². The molecule has 0 bridgehead atoms. The maximum atomic E-state index is 4.47. The number of nitrogens with one attached hydrogen (secondary N) is 1. The van der Waals surface area contributed by atoms with E-state index in [1.165, 1.54) is 42.5 Å². The highest BCUT2D eigenvalue weighted by Gasteiger charge is 2.17. The predicted octanol–water partition coefficient (Wildman–Crippen LogP) is 4.92. The molecule has 0 radical (unpaired) electrons. The number of aromatic nitrogens is 1. The lowest BCUT2D eigenvalue weighted by atomic mass is 9.81. The minimum absolute atomic E-state index is 0.933. The van der Waals surface area contributed by atoms with Gasteiger partial charge in [-0.05, 0) is 41.9 Å². The Bertz CT molecular complexity index is 526. The highest BCUT2D eigenvalue weighted by Crippen LogP contribution is 2.31. The highest BCUT2D eigenvalue weighted by molar-refractivity contribution is 7.11. The fraction of sp³-hybridized carbons (Fsp3) is 0.562. The minimum Gasteiger partial charge on any atom is -0.375 e. The second kappa shape index (κ2) is 5.91. The molecule has 1 aromatic carbocycles. The molecule has 1 fully saturated rings. The first-order valence-electron chi connectivity index (χ1n) is 7.41. The van der Waals surface area contributed by atoms with Crippen LogP contribution in [0.3, 0.4) is 0 Å². The summed E-state index contributed by atoms with van der Waals surface area (Å²) < 4.78 is 4.47. The van der Waals surface area contributed by atoms with Gasteiger partial charge in [0.2, 0.25) is 0 Å². The Kier molecular flexibility index (Phi) is 4.02. The average molecular weight is 274 g/mol. The number of nitrogens with zero attached hydrogens (tertiary/aromatic N) is 1. The van der Waals surface area contributed by atoms with Crippen LogP contribution in [0.15, 0.2) is 24.3 Å². The summed E-state index contributed by atoms with van der Waals surface area (Å²) in [6.07, 6.45) is 7.00. The van der Waals surface area contributed by atoms with E-state index in [4.69, 9.17) is 0 Å². The molecule has 3 heteroatoms. The molecule has 1 heterocycles. The van der Waals surface area contributed by atoms with Crippen LogP contribution in [0, 0.1) is 11.8 Å². The molecule has 0 saturated heterocycles. The molecule has 3 rings (SSSR count). The second-order valence-corrected chi connectivity index (χ2v) is 6.64. The van der Waals surface area contributed by atoms with Gasteiger partial charge in [-0.2, -0.15) is 4.37 Å². The number of hydrogen-bond donors (Lipinski definition) is 1. The fourth-order valence-corrected chi connectivity index (χ4v) is 3.81. The molecule has 1 aromatic heterocycles. The highest BCUT2D eigenvalue weighted by atomic mass is 32.1. The standard InChI is InChI=1S/C16H22N2S/c1-12-6-8-13(9-7-12)10-11-17-16-14-4-2-3-5-15(14)18-19-16/h2-5,12-13,17H,6-11H2,1H3. The van der Waals surface area contributed by atoms with Gasteiger partial charge in [0.05, 0.1) is 5.52 Å². The maximum absolute atomic E-state index is 4.47. The molecule has 0 spiro atoms. The summed E-state index contributed by atoms with van der Waals surface area (Å²) in [5, 5.41) is 6.09. The van der Waals surface area contributed by atoms with Gasteiger partial charge in [0.1, 0.15) is 5.00 Å². The summed E-state index contributed by atoms with van der Waals surface area (Å²) in [5.74, 6) is 1.89. The van der Waals surface area contributed by atoms with Crippen LogP contribution in [0.4, 0.5) is 5.00 Å². The maximum Gasteiger partial charge on any atom is 0.117 e. The lowest BCUT2D eigenvalue weighted by Gasteiger charge is -2.26. The SMILES string of the molecule is CC1CCC(CCNc2snc3ccccc23)CC1. The Morgan fingerprint density at radius 3 is 2.84 bits per heavy atom. The fourth-order valence-electron chi connectivity index (χ4n) is 3.02. The van der Waals surface area contributed by atoms with Crippen molar-refractivity contribution in [3.63, 3.8) is 0 Å². The van der Waals surface area contributed by atoms with Crippen LogP contribution in [0.25, 0.3) is 10.9 Å². The molecule has 19 heavy (non-hydrogen) atoms. The molecule has 2 aromatic rings. The van der Waals surface area contributed by atoms with Gasteiger partial charge < -0.3 is 5.32 Å². The van der Waals surface area contributed by atoms with Crippen LogP contribution in [0.2, 0.25) is 0 Å². The first kappa shape index (κ1) is 12.9. The van der Waals surface area contributed by atoms with Crippen LogP contribution in [-0.4, -0.2) is 10.9 Å². The van der Waals surface area contributed by atoms with Gasteiger partial charge in [-0.1, -0.05) is 44.7 Å². The molecule has 1 aliphatic carbocycles. The average Bonchev–Trinajstić information content (AvgIpc) is 2.85. The van der Waals surface area contributed by atoms with Crippen molar-refractivity contribution in [2.24, 2.45) is 11.8 Å². The van der Waals surface area contributed by atoms with E-state index < -0.39 is 0 Å². The van der Waals surface area contributed by atoms with Crippen LogP contribution in [0.5, 0.6) is 0 Å². The van der Waals surface area contributed by atoms with Gasteiger partial charge in [-0.25, -0.2) is 0 Å². The summed E-state index contributed by atoms with van der Waals surface area (Å²) in [7, 11) is 0. The van der Waals surface area contributed by atoms with E-state index >= 15 is 0 Å². The number of fused-ring (bicyclic) bond motifs is 1. The lowest BCUT2D eigenvalue weighted by Crippen LogP contribution is -2.15. The lowest BCUT2D eigenvalue weighted by molar-refractivity contribution is 0.282. The summed E-state index contributed by atoms with van der Waals surface area (Å²) in [6.45, 7) is 3.48. The van der Waals surface area contributed by atoms with Crippen molar-refractivity contribution < 1.29 is 0 Å². The van der Waals surface area contributed by atoms with E-state index in [0.717, 1.165) is 23.9 Å². The molecular weight excluding hydrogens is 252 g/mol. The van der Waals surface area contributed by atoms with E-state index in [1.807, 2.05) is 0 Å². The van der Waals surface area contributed by atoms with Crippen molar-refractivity contribution >= 4 is 27.4 Å². The van der Waals surface area contributed by atoms with Crippen LogP contribution < -0.4 is 5.32 Å². The Morgan fingerprint density at radius 1 is 1.21 bits per heavy atom. The normalized spacial score (nSPS) is 23.6. The zero-order valence-corrected chi connectivity index (χ0v) is 12.4. The molecule has 0 aliphatic heterocycles. The molecule has 102 valence electrons. The van der Waals surface area contributed by atoms with Crippen molar-refractivity contribution in [1.82, 2.24) is 4.37 Å². The third-order valence-corrected chi connectivity index (χ3v) is 5.19. The smallest absolute Gasteiger partial charge is 0.117 e. The Balaban J connectivity index is 1.52. The number of anilines is 1. The second-order valence-electron chi connectivity index (χ2n) is 5.87. The van der Waals surface area contributed by atoms with Crippen LogP contribution >= 0.6 is 11.5 Å². The first-order valence-corrected chi connectivity index (χ1v) is 8.18. The van der Waals surface area contributed by atoms with Gasteiger partial charge in [-0.15, -0.1) is 0 Å². The minimum atomic E-state index is 0.933. The van der Waals surface area contributed by atoms with E-state index in [9.17, 15) is 0 Å². The third-order valence-electron chi connectivity index (χ3n) is 4.36. The van der Waals surface area contributed by atoms with E-state index in [2.05, 4.69) is 40.9 Å². The monoisotopic (exact) mass is 274 g/mol. The van der Waals surface area contributed by atoms with Crippen molar-refractivity contribution in [3.05, 3.63) is 24.3 Å². The number of rotatable bonds is 4. The summed E-state index contributed by atoms with van der Waals surface area (Å²) >= 11 is 1.59. The van der Waals surface area contributed by atoms with Crippen molar-refractivity contribution in [2.75, 3.05) is 11.9 Å². The van der Waals surface area contributed by atoms with E-state index in [0.29, 0.717) is 0 Å². The first-order chi connectivity index (χ1) is 9.33. The van der Waals surface area contributed by atoms with Crippen molar-refractivity contribution in [3.8, 4) is 0 Å². The number of benzene rings is 1. The summed E-state index contributed by atoms with van der Waals surface area (Å²) in [4.78, 5) is 0. The van der Waals surface area contributed by atoms with Gasteiger partial charge >= 0.3 is 0 Å². The Labute approximate surface area is 119 Å². The molecule has 0 unspecified atom stereocenters. The molecular formula is C16H22N2S. The largest absolute Gasteiger partial charge is 0.375 e. The Morgan fingerprint density at radius 2 is 2.00 bits per heavy atom. The van der Waals surface area contributed by atoms with Gasteiger partial charge in [0, 0.05) is 11.9 Å². The van der Waals surface area contributed by atoms with Gasteiger partial charge in [0.25, 0.3) is 0 Å². The predicted molar refractivity (Wildman–Crippen MR) is 83.8 cm³/mol. The zero-order chi connectivity index (χ0) is 13.1. The summed E-state index contributed by atoms with van der Waals surface area (Å²) in [5.41, 5.74) is 1.11. The molecule has 0 atom stereocenters. The summed E-state index contributed by atoms with van der Waals surface area (Å²) in [6, 6.07) is 8.38. The van der Waals surface area contributed by atoms with Gasteiger partial charge in [-0.3, -0.25) is 0 Å². The van der Waals surface area contributed by atoms with E-state index in [1.54, 1.807) is 11.5 Å². The zero-order valence-electron chi connectivity index (χ0n) is 11.6. The molecule has 1 N–H and O–H groups in total. The molecule has 1 aliphatic rings. The quantitative estimate of drug-likeness (QED) is 0.855. The van der Waals surface area contributed by atoms with Gasteiger partial charge in [0.15, 0.2) is 0 Å². The Hall–Kier alpha value is -1.09. The molecule has 1 saturated carbocycles. The molecule has 2 nitrogen and oxygen atoms in total. The topological polar surface area (TPSA) is 24.9 Å². The van der Waals surface area contributed by atoms with Crippen molar-refractivity contribution in [1.29, 1.82) is 0 Å². The van der Waals surface area contributed by atoms with Crippen LogP contribution in [-0.2, 0) is 0 Å². The van der Waals surface area contributed by atoms with Crippen molar-refractivity contribution in [2.45, 2.75) is 39.0 Å². The third kappa shape index (κ3) is 3.08. The molecule has 0 amide bonds.